The molecule has 17 heavy (non-hydrogen) atoms. The van der Waals surface area contributed by atoms with Crippen LogP contribution in [0.2, 0.25) is 5.02 Å². The number of halogens is 2. The predicted octanol–water partition coefficient (Wildman–Crippen LogP) is 3.46. The van der Waals surface area contributed by atoms with Gasteiger partial charge in [0.1, 0.15) is 5.82 Å². The second kappa shape index (κ2) is 3.96. The van der Waals surface area contributed by atoms with E-state index < -0.39 is 0 Å². The minimum atomic E-state index is -0.313. The molecule has 1 aromatic carbocycles. The fourth-order valence-corrected chi connectivity index (χ4v) is 3.51. The van der Waals surface area contributed by atoms with Crippen LogP contribution in [0.4, 0.5) is 4.39 Å². The van der Waals surface area contributed by atoms with Crippen molar-refractivity contribution in [2.24, 2.45) is 5.92 Å². The number of hydrogen-bond acceptors (Lipinski definition) is 1. The minimum Gasteiger partial charge on any atom is -0.302 e. The van der Waals surface area contributed by atoms with Crippen LogP contribution in [0.3, 0.4) is 0 Å². The molecule has 1 aliphatic heterocycles. The van der Waals surface area contributed by atoms with Crippen molar-refractivity contribution in [2.45, 2.75) is 25.2 Å². The molecule has 3 heteroatoms. The summed E-state index contributed by atoms with van der Waals surface area (Å²) in [5.74, 6) is 0.447. The molecule has 0 aromatic heterocycles. The van der Waals surface area contributed by atoms with E-state index in [1.807, 2.05) is 12.1 Å². The van der Waals surface area contributed by atoms with Crippen LogP contribution in [-0.4, -0.2) is 24.5 Å². The number of likely N-dealkylation sites (tertiary alicyclic amines) is 1. The molecular weight excluding hydrogens is 237 g/mol. The number of fused-ring (bicyclic) bond motifs is 1. The summed E-state index contributed by atoms with van der Waals surface area (Å²) in [5, 5.41) is 0.261. The molecule has 1 saturated carbocycles. The maximum absolute atomic E-state index is 13.2. The molecule has 1 aromatic rings. The fraction of sp³-hybridized carbons (Fsp3) is 0.571. The van der Waals surface area contributed by atoms with Gasteiger partial charge in [-0.2, -0.15) is 0 Å². The molecule has 1 aliphatic carbocycles. The number of piperidine rings is 1. The van der Waals surface area contributed by atoms with Crippen LogP contribution in [0.15, 0.2) is 18.2 Å². The lowest BCUT2D eigenvalue weighted by Crippen LogP contribution is -2.27. The van der Waals surface area contributed by atoms with E-state index in [0.717, 1.165) is 12.5 Å². The van der Waals surface area contributed by atoms with Crippen LogP contribution in [0.5, 0.6) is 0 Å². The molecule has 0 radical (unpaired) electrons. The predicted molar refractivity (Wildman–Crippen MR) is 67.9 cm³/mol. The normalized spacial score (nSPS) is 31.6. The monoisotopic (exact) mass is 253 g/mol. The van der Waals surface area contributed by atoms with Crippen molar-refractivity contribution in [3.63, 3.8) is 0 Å². The number of rotatable bonds is 3. The van der Waals surface area contributed by atoms with E-state index >= 15 is 0 Å². The van der Waals surface area contributed by atoms with Gasteiger partial charge in [-0.15, -0.1) is 0 Å². The summed E-state index contributed by atoms with van der Waals surface area (Å²) in [4.78, 5) is 2.52. The average molecular weight is 254 g/mol. The Morgan fingerprint density at radius 1 is 1.53 bits per heavy atom. The zero-order valence-corrected chi connectivity index (χ0v) is 10.8. The maximum atomic E-state index is 13.2. The summed E-state index contributed by atoms with van der Waals surface area (Å²) in [6.45, 7) is 5.70. The summed E-state index contributed by atoms with van der Waals surface area (Å²) in [6.07, 6.45) is 2.45. The first kappa shape index (κ1) is 11.5. The van der Waals surface area contributed by atoms with Gasteiger partial charge in [0.15, 0.2) is 0 Å². The summed E-state index contributed by atoms with van der Waals surface area (Å²) in [7, 11) is 0. The first-order chi connectivity index (χ1) is 8.15. The van der Waals surface area contributed by atoms with Gasteiger partial charge in [0.2, 0.25) is 0 Å². The zero-order chi connectivity index (χ0) is 12.0. The molecule has 2 aliphatic rings. The maximum Gasteiger partial charge on any atom is 0.141 e. The molecule has 1 heterocycles. The highest BCUT2D eigenvalue weighted by Crippen LogP contribution is 2.59. The summed E-state index contributed by atoms with van der Waals surface area (Å²) >= 11 is 5.88. The van der Waals surface area contributed by atoms with E-state index in [1.165, 1.54) is 37.6 Å². The van der Waals surface area contributed by atoms with Crippen LogP contribution >= 0.6 is 11.6 Å². The van der Waals surface area contributed by atoms with Gasteiger partial charge in [0.25, 0.3) is 0 Å². The lowest BCUT2D eigenvalue weighted by Gasteiger charge is -2.20. The van der Waals surface area contributed by atoms with Crippen LogP contribution < -0.4 is 0 Å². The third-order valence-corrected chi connectivity index (χ3v) is 4.54. The van der Waals surface area contributed by atoms with E-state index in [1.54, 1.807) is 0 Å². The van der Waals surface area contributed by atoms with E-state index in [-0.39, 0.29) is 16.3 Å². The topological polar surface area (TPSA) is 3.24 Å². The standard InChI is InChI=1S/C14H17ClFN/c1-2-5-17-8-11-7-14(11,9-17)10-3-4-13(16)12(15)6-10/h3-4,6,11H,2,5,7-9H2,1H3. The molecule has 2 atom stereocenters. The SMILES string of the molecule is CCCN1CC2CC2(c2ccc(F)c(Cl)c2)C1. The van der Waals surface area contributed by atoms with Crippen LogP contribution in [-0.2, 0) is 5.41 Å². The molecule has 0 spiro atoms. The van der Waals surface area contributed by atoms with Gasteiger partial charge in [0, 0.05) is 18.5 Å². The van der Waals surface area contributed by atoms with Crippen molar-refractivity contribution in [2.75, 3.05) is 19.6 Å². The Morgan fingerprint density at radius 2 is 2.35 bits per heavy atom. The van der Waals surface area contributed by atoms with E-state index in [2.05, 4.69) is 11.8 Å². The number of nitrogens with zero attached hydrogens (tertiary/aromatic N) is 1. The molecule has 0 bridgehead atoms. The van der Waals surface area contributed by atoms with Crippen LogP contribution in [0, 0.1) is 11.7 Å². The van der Waals surface area contributed by atoms with Crippen LogP contribution in [0.25, 0.3) is 0 Å². The Balaban J connectivity index is 1.83. The molecule has 1 nitrogen and oxygen atoms in total. The second-order valence-electron chi connectivity index (χ2n) is 5.42. The molecule has 0 amide bonds. The van der Waals surface area contributed by atoms with Crippen molar-refractivity contribution >= 4 is 11.6 Å². The van der Waals surface area contributed by atoms with Gasteiger partial charge >= 0.3 is 0 Å². The van der Waals surface area contributed by atoms with Crippen molar-refractivity contribution in [1.82, 2.24) is 4.90 Å². The summed E-state index contributed by atoms with van der Waals surface area (Å²) < 4.78 is 13.2. The Morgan fingerprint density at radius 3 is 3.06 bits per heavy atom. The van der Waals surface area contributed by atoms with Gasteiger partial charge in [-0.05, 0) is 43.0 Å². The van der Waals surface area contributed by atoms with Gasteiger partial charge in [-0.3, -0.25) is 0 Å². The highest BCUT2D eigenvalue weighted by atomic mass is 35.5. The number of benzene rings is 1. The molecule has 2 fully saturated rings. The van der Waals surface area contributed by atoms with Crippen molar-refractivity contribution < 1.29 is 4.39 Å². The zero-order valence-electron chi connectivity index (χ0n) is 10.0. The first-order valence-electron chi connectivity index (χ1n) is 6.33. The van der Waals surface area contributed by atoms with Crippen LogP contribution in [0.1, 0.15) is 25.3 Å². The van der Waals surface area contributed by atoms with Gasteiger partial charge in [-0.1, -0.05) is 24.6 Å². The Labute approximate surface area is 107 Å². The first-order valence-corrected chi connectivity index (χ1v) is 6.71. The number of hydrogen-bond donors (Lipinski definition) is 0. The summed E-state index contributed by atoms with van der Waals surface area (Å²) in [6, 6.07) is 5.24. The molecule has 92 valence electrons. The summed E-state index contributed by atoms with van der Waals surface area (Å²) in [5.41, 5.74) is 1.51. The highest BCUT2D eigenvalue weighted by molar-refractivity contribution is 6.30. The largest absolute Gasteiger partial charge is 0.302 e. The quantitative estimate of drug-likeness (QED) is 0.798. The average Bonchev–Trinajstić information content (AvgIpc) is 2.87. The Bertz CT molecular complexity index is 448. The van der Waals surface area contributed by atoms with Gasteiger partial charge < -0.3 is 4.90 Å². The fourth-order valence-electron chi connectivity index (χ4n) is 3.33. The smallest absolute Gasteiger partial charge is 0.141 e. The Hall–Kier alpha value is -0.600. The van der Waals surface area contributed by atoms with E-state index in [0.29, 0.717) is 0 Å². The molecular formula is C14H17ClFN. The van der Waals surface area contributed by atoms with Crippen molar-refractivity contribution in [1.29, 1.82) is 0 Å². The Kier molecular flexibility index (Phi) is 2.68. The lowest BCUT2D eigenvalue weighted by atomic mass is 9.95. The molecule has 0 N–H and O–H groups in total. The second-order valence-corrected chi connectivity index (χ2v) is 5.83. The molecule has 3 rings (SSSR count). The molecule has 2 unspecified atom stereocenters. The lowest BCUT2D eigenvalue weighted by molar-refractivity contribution is 0.299. The van der Waals surface area contributed by atoms with Crippen molar-refractivity contribution in [3.05, 3.63) is 34.6 Å². The van der Waals surface area contributed by atoms with E-state index in [9.17, 15) is 4.39 Å². The molecule has 1 saturated heterocycles. The van der Waals surface area contributed by atoms with E-state index in [4.69, 9.17) is 11.6 Å². The van der Waals surface area contributed by atoms with Gasteiger partial charge in [-0.25, -0.2) is 4.39 Å². The third kappa shape index (κ3) is 1.78. The van der Waals surface area contributed by atoms with Gasteiger partial charge in [0.05, 0.1) is 5.02 Å². The minimum absolute atomic E-state index is 0.261. The van der Waals surface area contributed by atoms with Crippen molar-refractivity contribution in [3.8, 4) is 0 Å². The highest BCUT2D eigenvalue weighted by Gasteiger charge is 2.60. The third-order valence-electron chi connectivity index (χ3n) is 4.25.